The van der Waals surface area contributed by atoms with Crippen molar-refractivity contribution in [3.05, 3.63) is 70.8 Å². The van der Waals surface area contributed by atoms with Crippen molar-refractivity contribution in [3.63, 3.8) is 0 Å². The van der Waals surface area contributed by atoms with E-state index in [0.29, 0.717) is 32.7 Å². The summed E-state index contributed by atoms with van der Waals surface area (Å²) in [6.07, 6.45) is 0.134. The molecule has 2 aromatic carbocycles. The summed E-state index contributed by atoms with van der Waals surface area (Å²) in [6.45, 7) is 15.1. The third-order valence-corrected chi connectivity index (χ3v) is 13.9. The molecular weight excluding hydrogens is 985 g/mol. The van der Waals surface area contributed by atoms with E-state index in [4.69, 9.17) is 4.74 Å². The third-order valence-electron chi connectivity index (χ3n) is 13.9. The van der Waals surface area contributed by atoms with Gasteiger partial charge in [0.15, 0.2) is 0 Å². The van der Waals surface area contributed by atoms with Gasteiger partial charge in [0.1, 0.15) is 28.9 Å². The Morgan fingerprint density at radius 3 is 1.53 bits per heavy atom. The Balaban J connectivity index is 0.000000282. The summed E-state index contributed by atoms with van der Waals surface area (Å²) in [5.41, 5.74) is -0.356. The summed E-state index contributed by atoms with van der Waals surface area (Å²) in [7, 11) is 0. The predicted octanol–water partition coefficient (Wildman–Crippen LogP) is 3.29. The molecule has 6 rings (SSSR count). The first-order valence-electron chi connectivity index (χ1n) is 26.0. The van der Waals surface area contributed by atoms with Gasteiger partial charge in [-0.05, 0) is 81.8 Å². The molecule has 8 atom stereocenters. The van der Waals surface area contributed by atoms with Crippen molar-refractivity contribution in [2.75, 3.05) is 65.4 Å². The topological polar surface area (TPSA) is 221 Å². The van der Waals surface area contributed by atoms with Crippen LogP contribution < -0.4 is 16.0 Å². The van der Waals surface area contributed by atoms with Gasteiger partial charge in [-0.3, -0.25) is 33.7 Å². The predicted molar refractivity (Wildman–Crippen MR) is 268 cm³/mol. The fourth-order valence-corrected chi connectivity index (χ4v) is 9.88. The number of hydrogen-bond acceptors (Lipinski definition) is 11. The van der Waals surface area contributed by atoms with Crippen LogP contribution in [0.5, 0.6) is 0 Å². The molecule has 22 heteroatoms. The summed E-state index contributed by atoms with van der Waals surface area (Å²) < 4.78 is 61.2. The van der Waals surface area contributed by atoms with Crippen LogP contribution in [-0.4, -0.2) is 184 Å². The van der Waals surface area contributed by atoms with Gasteiger partial charge >= 0.3 is 6.09 Å². The Bertz CT molecular complexity index is 2300. The second-order valence-corrected chi connectivity index (χ2v) is 21.1. The summed E-state index contributed by atoms with van der Waals surface area (Å²) in [4.78, 5) is 96.1. The Hall–Kier alpha value is -5.87. The summed E-state index contributed by atoms with van der Waals surface area (Å²) in [5.74, 6) is -5.81. The summed E-state index contributed by atoms with van der Waals surface area (Å²) in [6, 6.07) is 2.51. The molecule has 0 aliphatic carbocycles. The molecule has 18 nitrogen and oxygen atoms in total. The monoisotopic (exact) mass is 1060 g/mol. The molecule has 0 spiro atoms. The lowest BCUT2D eigenvalue weighted by atomic mass is 9.93. The highest BCUT2D eigenvalue weighted by atomic mass is 19.1. The van der Waals surface area contributed by atoms with E-state index in [1.54, 1.807) is 35.5 Å². The van der Waals surface area contributed by atoms with Crippen LogP contribution in [-0.2, 0) is 46.3 Å². The van der Waals surface area contributed by atoms with Crippen molar-refractivity contribution in [3.8, 4) is 0 Å². The molecule has 75 heavy (non-hydrogen) atoms. The van der Waals surface area contributed by atoms with Gasteiger partial charge < -0.3 is 50.5 Å². The molecule has 416 valence electrons. The lowest BCUT2D eigenvalue weighted by Crippen LogP contribution is -2.65. The van der Waals surface area contributed by atoms with Crippen LogP contribution in [0.3, 0.4) is 0 Å². The fraction of sp³-hybridized carbons (Fsp3) is 0.642. The molecule has 7 amide bonds. The standard InChI is InChI=1S/C29H42F2N4O6.C24H34F2N4O4/c1-6-7-8-34-16-20(14-25(34)37)27(39)32-23(13-19-11-21(30)15-22(31)12-19)26(38)24-17-33(18(2)36)9-10-35(24)28(40)41-29(3,4)5;1-3-4-6-30-13-17(11-22(30)32)24(34)28-20(10-16-8-18(25)12-19(26)9-16)23(33)21-14-29(15(2)31)7-5-27-21/h11-12,15,20,23-24,26,38H,6-10,13-14,16-17H2,1-5H3,(H,32,39);8-9,12,17,20-21,23,27,33H,3-7,10-11,13-14H2,1-2H3,(H,28,34)/t20?,23?,24-,26+;17?,20?,21-,23+/m11/s1. The van der Waals surface area contributed by atoms with Crippen molar-refractivity contribution in [2.24, 2.45) is 11.8 Å². The van der Waals surface area contributed by atoms with Crippen molar-refractivity contribution < 1.29 is 66.1 Å². The lowest BCUT2D eigenvalue weighted by molar-refractivity contribution is -0.135. The molecular formula is C53H76F4N8O10. The van der Waals surface area contributed by atoms with Crippen LogP contribution in [0.4, 0.5) is 22.4 Å². The van der Waals surface area contributed by atoms with Gasteiger partial charge in [0.2, 0.25) is 35.4 Å². The molecule has 5 N–H and O–H groups in total. The fourth-order valence-electron chi connectivity index (χ4n) is 9.88. The third kappa shape index (κ3) is 17.6. The second kappa shape index (κ2) is 27.3. The molecule has 4 unspecified atom stereocenters. The van der Waals surface area contributed by atoms with Gasteiger partial charge in [0.05, 0.1) is 48.2 Å². The van der Waals surface area contributed by atoms with Gasteiger partial charge in [-0.15, -0.1) is 0 Å². The number of aliphatic hydroxyl groups excluding tert-OH is 2. The minimum atomic E-state index is -1.45. The first-order chi connectivity index (χ1) is 35.3. The maximum absolute atomic E-state index is 14.0. The molecule has 0 saturated carbocycles. The van der Waals surface area contributed by atoms with Crippen molar-refractivity contribution >= 4 is 41.5 Å². The largest absolute Gasteiger partial charge is 0.444 e. The molecule has 2 aromatic rings. The van der Waals surface area contributed by atoms with Gasteiger partial charge in [-0.2, -0.15) is 0 Å². The lowest BCUT2D eigenvalue weighted by Gasteiger charge is -2.45. The molecule has 4 aliphatic heterocycles. The molecule has 0 radical (unpaired) electrons. The van der Waals surface area contributed by atoms with E-state index in [1.165, 1.54) is 23.6 Å². The zero-order chi connectivity index (χ0) is 55.3. The van der Waals surface area contributed by atoms with Crippen LogP contribution in [0.2, 0.25) is 0 Å². The van der Waals surface area contributed by atoms with Crippen LogP contribution in [0.15, 0.2) is 36.4 Å². The molecule has 4 fully saturated rings. The Labute approximate surface area is 436 Å². The molecule has 0 bridgehead atoms. The van der Waals surface area contributed by atoms with E-state index >= 15 is 0 Å². The number of nitrogens with one attached hydrogen (secondary N) is 3. The summed E-state index contributed by atoms with van der Waals surface area (Å²) >= 11 is 0. The van der Waals surface area contributed by atoms with E-state index in [0.717, 1.165) is 62.1 Å². The number of halogens is 4. The second-order valence-electron chi connectivity index (χ2n) is 21.1. The maximum Gasteiger partial charge on any atom is 0.410 e. The Morgan fingerprint density at radius 1 is 0.667 bits per heavy atom. The van der Waals surface area contributed by atoms with Crippen molar-refractivity contribution in [1.29, 1.82) is 0 Å². The molecule has 4 saturated heterocycles. The van der Waals surface area contributed by atoms with E-state index < -0.39 is 89.1 Å². The van der Waals surface area contributed by atoms with Crippen LogP contribution >= 0.6 is 0 Å². The molecule has 4 aliphatic rings. The number of amides is 7. The number of benzene rings is 2. The highest BCUT2D eigenvalue weighted by molar-refractivity contribution is 5.90. The summed E-state index contributed by atoms with van der Waals surface area (Å²) in [5, 5.41) is 31.7. The Kier molecular flexibility index (Phi) is 21.8. The highest BCUT2D eigenvalue weighted by Gasteiger charge is 2.43. The maximum atomic E-state index is 14.0. The first kappa shape index (κ1) is 60.0. The van der Waals surface area contributed by atoms with Gasteiger partial charge in [0.25, 0.3) is 0 Å². The zero-order valence-corrected chi connectivity index (χ0v) is 44.2. The van der Waals surface area contributed by atoms with Crippen LogP contribution in [0.25, 0.3) is 0 Å². The number of hydrogen-bond donors (Lipinski definition) is 5. The van der Waals surface area contributed by atoms with E-state index in [9.17, 15) is 61.3 Å². The Morgan fingerprint density at radius 2 is 1.11 bits per heavy atom. The van der Waals surface area contributed by atoms with Crippen molar-refractivity contribution in [2.45, 2.75) is 142 Å². The number of likely N-dealkylation sites (tertiary alicyclic amines) is 2. The number of ether oxygens (including phenoxy) is 1. The first-order valence-corrected chi connectivity index (χ1v) is 26.0. The smallest absolute Gasteiger partial charge is 0.410 e. The minimum Gasteiger partial charge on any atom is -0.444 e. The number of piperazine rings is 2. The van der Waals surface area contributed by atoms with E-state index in [2.05, 4.69) is 16.0 Å². The number of aliphatic hydroxyl groups is 2. The van der Waals surface area contributed by atoms with Crippen molar-refractivity contribution in [1.82, 2.24) is 40.4 Å². The molecule has 4 heterocycles. The number of carbonyl (C=O) groups excluding carboxylic acids is 7. The highest BCUT2D eigenvalue weighted by Crippen LogP contribution is 2.25. The van der Waals surface area contributed by atoms with Crippen LogP contribution in [0, 0.1) is 35.1 Å². The average molecular weight is 1060 g/mol. The van der Waals surface area contributed by atoms with Gasteiger partial charge in [-0.1, -0.05) is 26.7 Å². The number of rotatable bonds is 18. The van der Waals surface area contributed by atoms with Gasteiger partial charge in [-0.25, -0.2) is 22.4 Å². The van der Waals surface area contributed by atoms with Crippen LogP contribution in [0.1, 0.15) is 98.1 Å². The van der Waals surface area contributed by atoms with E-state index in [1.807, 2.05) is 13.8 Å². The van der Waals surface area contributed by atoms with E-state index in [-0.39, 0.29) is 99.1 Å². The minimum absolute atomic E-state index is 0.0124. The number of carbonyl (C=O) groups is 7. The number of nitrogens with zero attached hydrogens (tertiary/aromatic N) is 5. The van der Waals surface area contributed by atoms with Gasteiger partial charge in [0, 0.05) is 104 Å². The zero-order valence-electron chi connectivity index (χ0n) is 44.2. The normalized spacial score (nSPS) is 21.7. The number of unbranched alkanes of at least 4 members (excludes halogenated alkanes) is 2. The molecule has 0 aromatic heterocycles. The SMILES string of the molecule is CCCCN1CC(C(=O)NC(Cc2cc(F)cc(F)c2)[C@H](O)[C@H]2CN(C(C)=O)CCN2)CC1=O.CCCCN1CC(C(=O)NC(Cc2cc(F)cc(F)c2)[C@H](O)[C@H]2CN(C(C)=O)CCN2C(=O)OC(C)(C)C)CC1=O. The quantitative estimate of drug-likeness (QED) is 0.136. The average Bonchev–Trinajstić information content (AvgIpc) is 3.91.